The van der Waals surface area contributed by atoms with E-state index in [-0.39, 0.29) is 5.41 Å². The summed E-state index contributed by atoms with van der Waals surface area (Å²) in [5.74, 6) is 2.69. The van der Waals surface area contributed by atoms with Gasteiger partial charge >= 0.3 is 0 Å². The van der Waals surface area contributed by atoms with Crippen LogP contribution in [0.2, 0.25) is 0 Å². The summed E-state index contributed by atoms with van der Waals surface area (Å²) in [6, 6.07) is 0. The van der Waals surface area contributed by atoms with E-state index in [1.54, 1.807) is 7.11 Å². The Bertz CT molecular complexity index is 288. The number of oxime groups is 1. The lowest BCUT2D eigenvalue weighted by Crippen LogP contribution is -2.39. The lowest BCUT2D eigenvalue weighted by molar-refractivity contribution is 0.197. The molecule has 0 radical (unpaired) electrons. The van der Waals surface area contributed by atoms with E-state index in [2.05, 4.69) is 16.0 Å². The molecule has 0 aromatic carbocycles. The summed E-state index contributed by atoms with van der Waals surface area (Å²) >= 11 is 0. The highest BCUT2D eigenvalue weighted by Gasteiger charge is 2.44. The van der Waals surface area contributed by atoms with Gasteiger partial charge in [0.05, 0.1) is 0 Å². The third kappa shape index (κ3) is 1.40. The van der Waals surface area contributed by atoms with Crippen molar-refractivity contribution < 1.29 is 4.84 Å². The molecule has 3 nitrogen and oxygen atoms in total. The Morgan fingerprint density at radius 2 is 2.36 bits per heavy atom. The average molecular weight is 192 g/mol. The van der Waals surface area contributed by atoms with E-state index in [0.29, 0.717) is 0 Å². The lowest BCUT2D eigenvalue weighted by Gasteiger charge is -2.32. The van der Waals surface area contributed by atoms with Crippen LogP contribution < -0.4 is 0 Å². The first-order valence-electron chi connectivity index (χ1n) is 5.11. The van der Waals surface area contributed by atoms with Gasteiger partial charge in [0.2, 0.25) is 0 Å². The molecule has 2 fully saturated rings. The van der Waals surface area contributed by atoms with Crippen LogP contribution in [0.15, 0.2) is 5.16 Å². The zero-order valence-corrected chi connectivity index (χ0v) is 8.62. The minimum atomic E-state index is 0.128. The summed E-state index contributed by atoms with van der Waals surface area (Å²) < 4.78 is 0. The van der Waals surface area contributed by atoms with E-state index in [9.17, 15) is 0 Å². The highest BCUT2D eigenvalue weighted by atomic mass is 16.6. The van der Waals surface area contributed by atoms with Gasteiger partial charge in [-0.05, 0) is 32.4 Å². The van der Waals surface area contributed by atoms with Crippen molar-refractivity contribution in [3.63, 3.8) is 0 Å². The lowest BCUT2D eigenvalue weighted by atomic mass is 9.77. The predicted octanol–water partition coefficient (Wildman–Crippen LogP) is 1.11. The molecule has 0 saturated carbocycles. The molecular weight excluding hydrogens is 176 g/mol. The number of rotatable bonds is 2. The first-order valence-corrected chi connectivity index (χ1v) is 5.11. The fourth-order valence-electron chi connectivity index (χ4n) is 2.67. The molecular formula is C11H16N2O. The Labute approximate surface area is 85.1 Å². The second kappa shape index (κ2) is 3.62. The Balaban J connectivity index is 2.23. The Morgan fingerprint density at radius 3 is 3.07 bits per heavy atom. The van der Waals surface area contributed by atoms with Crippen molar-refractivity contribution in [2.24, 2.45) is 10.6 Å². The van der Waals surface area contributed by atoms with Gasteiger partial charge in [-0.15, -0.1) is 6.42 Å². The normalized spacial score (nSPS) is 36.6. The highest BCUT2D eigenvalue weighted by molar-refractivity contribution is 6.04. The van der Waals surface area contributed by atoms with Crippen LogP contribution in [0, 0.1) is 17.8 Å². The molecule has 0 aromatic heterocycles. The highest BCUT2D eigenvalue weighted by Crippen LogP contribution is 2.40. The molecule has 0 amide bonds. The van der Waals surface area contributed by atoms with Gasteiger partial charge in [0, 0.05) is 12.0 Å². The quantitative estimate of drug-likeness (QED) is 0.372. The summed E-state index contributed by atoms with van der Waals surface area (Å²) in [4.78, 5) is 7.28. The van der Waals surface area contributed by atoms with Gasteiger partial charge in [-0.2, -0.15) is 0 Å². The molecule has 2 saturated heterocycles. The molecule has 14 heavy (non-hydrogen) atoms. The van der Waals surface area contributed by atoms with Gasteiger partial charge in [0.25, 0.3) is 0 Å². The number of terminal acetylenes is 1. The molecule has 0 aliphatic carbocycles. The summed E-state index contributed by atoms with van der Waals surface area (Å²) in [5.41, 5.74) is 0.936. The summed E-state index contributed by atoms with van der Waals surface area (Å²) in [5, 5.41) is 3.99. The zero-order valence-electron chi connectivity index (χ0n) is 8.62. The second-order valence-corrected chi connectivity index (χ2v) is 4.18. The smallest absolute Gasteiger partial charge is 0.136 e. The molecule has 0 unspecified atom stereocenters. The predicted molar refractivity (Wildman–Crippen MR) is 56.0 cm³/mol. The fourth-order valence-corrected chi connectivity index (χ4v) is 2.67. The van der Waals surface area contributed by atoms with Crippen LogP contribution in [0.5, 0.6) is 0 Å². The van der Waals surface area contributed by atoms with Crippen molar-refractivity contribution in [3.8, 4) is 12.3 Å². The van der Waals surface area contributed by atoms with E-state index in [1.807, 2.05) is 0 Å². The average Bonchev–Trinajstić information content (AvgIpc) is 2.51. The molecule has 2 heterocycles. The number of hydrogen-bond acceptors (Lipinski definition) is 3. The monoisotopic (exact) mass is 192 g/mol. The molecule has 0 aromatic rings. The number of nitrogens with zero attached hydrogens (tertiary/aromatic N) is 2. The topological polar surface area (TPSA) is 24.8 Å². The number of fused-ring (bicyclic) bond motifs is 2. The van der Waals surface area contributed by atoms with Crippen molar-refractivity contribution in [2.75, 3.05) is 26.7 Å². The Kier molecular flexibility index (Phi) is 2.47. The zero-order chi connectivity index (χ0) is 10.0. The van der Waals surface area contributed by atoms with Gasteiger partial charge in [-0.1, -0.05) is 11.1 Å². The minimum absolute atomic E-state index is 0.128. The maximum atomic E-state index is 5.49. The standard InChI is InChI=1S/C11H16N2O/c1-3-10(12-14-2)11-5-4-7-13(9-11)8-6-11/h1H,4-9H2,2H3/b12-10-/t11-/m1/s1. The van der Waals surface area contributed by atoms with Crippen LogP contribution in [0.4, 0.5) is 0 Å². The van der Waals surface area contributed by atoms with Crippen LogP contribution in [-0.2, 0) is 4.84 Å². The van der Waals surface area contributed by atoms with Crippen molar-refractivity contribution >= 4 is 5.71 Å². The van der Waals surface area contributed by atoms with Crippen LogP contribution in [0.25, 0.3) is 0 Å². The van der Waals surface area contributed by atoms with Crippen LogP contribution in [-0.4, -0.2) is 37.4 Å². The third-order valence-corrected chi connectivity index (χ3v) is 3.38. The largest absolute Gasteiger partial charge is 0.398 e. The van der Waals surface area contributed by atoms with Crippen LogP contribution in [0.1, 0.15) is 19.3 Å². The van der Waals surface area contributed by atoms with E-state index >= 15 is 0 Å². The van der Waals surface area contributed by atoms with Crippen molar-refractivity contribution in [2.45, 2.75) is 19.3 Å². The van der Waals surface area contributed by atoms with Crippen molar-refractivity contribution in [1.29, 1.82) is 0 Å². The third-order valence-electron chi connectivity index (χ3n) is 3.38. The number of piperidine rings is 1. The molecule has 2 aliphatic rings. The summed E-state index contributed by atoms with van der Waals surface area (Å²) in [7, 11) is 1.56. The molecule has 2 bridgehead atoms. The number of hydrogen-bond donors (Lipinski definition) is 0. The maximum absolute atomic E-state index is 5.49. The first-order chi connectivity index (χ1) is 6.80. The van der Waals surface area contributed by atoms with Crippen LogP contribution in [0.3, 0.4) is 0 Å². The van der Waals surface area contributed by atoms with E-state index < -0.39 is 0 Å². The van der Waals surface area contributed by atoms with E-state index in [1.165, 1.54) is 13.0 Å². The molecule has 2 aliphatic heterocycles. The maximum Gasteiger partial charge on any atom is 0.136 e. The van der Waals surface area contributed by atoms with Crippen molar-refractivity contribution in [1.82, 2.24) is 4.90 Å². The summed E-state index contributed by atoms with van der Waals surface area (Å²) in [6.45, 7) is 3.44. The molecule has 2 atom stereocenters. The van der Waals surface area contributed by atoms with E-state index in [0.717, 1.165) is 31.6 Å². The van der Waals surface area contributed by atoms with E-state index in [4.69, 9.17) is 11.3 Å². The van der Waals surface area contributed by atoms with Gasteiger partial charge < -0.3 is 9.74 Å². The van der Waals surface area contributed by atoms with Gasteiger partial charge in [0.1, 0.15) is 12.8 Å². The minimum Gasteiger partial charge on any atom is -0.398 e. The molecule has 3 heteroatoms. The first kappa shape index (κ1) is 9.54. The molecule has 0 N–H and O–H groups in total. The van der Waals surface area contributed by atoms with Gasteiger partial charge in [-0.25, -0.2) is 0 Å². The van der Waals surface area contributed by atoms with Gasteiger partial charge in [0.15, 0.2) is 0 Å². The Morgan fingerprint density at radius 1 is 1.50 bits per heavy atom. The van der Waals surface area contributed by atoms with Crippen molar-refractivity contribution in [3.05, 3.63) is 0 Å². The van der Waals surface area contributed by atoms with Gasteiger partial charge in [-0.3, -0.25) is 0 Å². The van der Waals surface area contributed by atoms with Crippen LogP contribution >= 0.6 is 0 Å². The molecule has 76 valence electrons. The fraction of sp³-hybridized carbons (Fsp3) is 0.727. The molecule has 2 rings (SSSR count). The Hall–Kier alpha value is -1.01. The SMILES string of the molecule is C#C/C(=N/OC)[C@]12CCC[N@@](CC1)C2. The summed E-state index contributed by atoms with van der Waals surface area (Å²) in [6.07, 6.45) is 9.02. The molecule has 0 spiro atoms. The second-order valence-electron chi connectivity index (χ2n) is 4.18.